The molecule has 0 unspecified atom stereocenters. The smallest absolute Gasteiger partial charge is 0.271 e. The first-order valence-corrected chi connectivity index (χ1v) is 14.9. The maximum atomic E-state index is 15.6. The highest BCUT2D eigenvalue weighted by Crippen LogP contribution is 2.43. The van der Waals surface area contributed by atoms with Gasteiger partial charge in [-0.2, -0.15) is 5.10 Å². The number of ether oxygens (including phenoxy) is 3. The first kappa shape index (κ1) is 31.0. The molecule has 2 aromatic carbocycles. The van der Waals surface area contributed by atoms with Crippen LogP contribution < -0.4 is 18.5 Å². The van der Waals surface area contributed by atoms with Gasteiger partial charge < -0.3 is 14.2 Å². The Kier molecular flexibility index (Phi) is 8.68. The molecule has 234 valence electrons. The lowest BCUT2D eigenvalue weighted by atomic mass is 9.82. The molecule has 0 saturated heterocycles. The molecule has 0 spiro atoms. The zero-order valence-corrected chi connectivity index (χ0v) is 24.8. The number of methoxy groups -OCH3 is 2. The minimum Gasteiger partial charge on any atom is -0.497 e. The number of hydrogen-bond acceptors (Lipinski definition) is 8. The van der Waals surface area contributed by atoms with Gasteiger partial charge in [0.1, 0.15) is 47.1 Å². The summed E-state index contributed by atoms with van der Waals surface area (Å²) in [6, 6.07) is 8.93. The highest BCUT2D eigenvalue weighted by Gasteiger charge is 2.44. The van der Waals surface area contributed by atoms with Gasteiger partial charge in [0.25, 0.3) is 15.9 Å². The molecule has 0 N–H and O–H groups in total. The Bertz CT molecular complexity index is 1720. The third kappa shape index (κ3) is 6.27. The maximum Gasteiger partial charge on any atom is 0.271 e. The lowest BCUT2D eigenvalue weighted by Crippen LogP contribution is -2.39. The van der Waals surface area contributed by atoms with E-state index in [0.717, 1.165) is 6.33 Å². The van der Waals surface area contributed by atoms with Gasteiger partial charge in [0, 0.05) is 73.7 Å². The molecule has 1 saturated carbocycles. The van der Waals surface area contributed by atoms with E-state index in [1.807, 2.05) is 0 Å². The van der Waals surface area contributed by atoms with Gasteiger partial charge in [-0.1, -0.05) is 0 Å². The SMILES string of the molecule is COc1ccc(CN(c2ccncn2)S(=O)(=O)c2c(F)cc(O[C@H]3CC(F)(F)CC[C@@H]3c3ccnn3C)cc2F)c(OC)c1. The summed E-state index contributed by atoms with van der Waals surface area (Å²) in [5, 5.41) is 4.09. The Hall–Kier alpha value is -4.40. The fourth-order valence-corrected chi connectivity index (χ4v) is 6.79. The van der Waals surface area contributed by atoms with E-state index in [1.54, 1.807) is 25.2 Å². The molecule has 4 aromatic rings. The second-order valence-corrected chi connectivity index (χ2v) is 12.0. The third-order valence-electron chi connectivity index (χ3n) is 7.45. The Balaban J connectivity index is 1.51. The minimum atomic E-state index is -4.96. The summed E-state index contributed by atoms with van der Waals surface area (Å²) in [5.41, 5.74) is 0.968. The molecule has 2 heterocycles. The average Bonchev–Trinajstić information content (AvgIpc) is 3.40. The molecule has 0 amide bonds. The fourth-order valence-electron chi connectivity index (χ4n) is 5.29. The number of aryl methyl sites for hydroxylation is 1. The number of rotatable bonds is 10. The highest BCUT2D eigenvalue weighted by molar-refractivity contribution is 7.92. The second-order valence-electron chi connectivity index (χ2n) is 10.2. The van der Waals surface area contributed by atoms with Gasteiger partial charge in [0.2, 0.25) is 0 Å². The molecule has 5 rings (SSSR count). The number of sulfonamides is 1. The first-order valence-electron chi connectivity index (χ1n) is 13.4. The number of benzene rings is 2. The van der Waals surface area contributed by atoms with Crippen molar-refractivity contribution in [2.75, 3.05) is 18.5 Å². The topological polar surface area (TPSA) is 109 Å². The number of alkyl halides is 2. The molecule has 2 atom stereocenters. The van der Waals surface area contributed by atoms with E-state index in [2.05, 4.69) is 15.1 Å². The van der Waals surface area contributed by atoms with Crippen LogP contribution in [0.4, 0.5) is 23.4 Å². The van der Waals surface area contributed by atoms with E-state index in [4.69, 9.17) is 14.2 Å². The number of nitrogens with zero attached hydrogens (tertiary/aromatic N) is 5. The summed E-state index contributed by atoms with van der Waals surface area (Å²) < 4.78 is 106. The van der Waals surface area contributed by atoms with Crippen molar-refractivity contribution < 1.29 is 40.2 Å². The van der Waals surface area contributed by atoms with Gasteiger partial charge in [-0.15, -0.1) is 0 Å². The molecule has 2 aromatic heterocycles. The van der Waals surface area contributed by atoms with Crippen LogP contribution in [0, 0.1) is 11.6 Å². The van der Waals surface area contributed by atoms with Gasteiger partial charge in [-0.05, 0) is 24.6 Å². The molecule has 0 radical (unpaired) electrons. The van der Waals surface area contributed by atoms with Crippen molar-refractivity contribution in [2.45, 2.75) is 48.6 Å². The zero-order valence-electron chi connectivity index (χ0n) is 24.0. The van der Waals surface area contributed by atoms with Crippen molar-refractivity contribution in [3.8, 4) is 17.2 Å². The van der Waals surface area contributed by atoms with E-state index >= 15 is 8.78 Å². The fraction of sp³-hybridized carbons (Fsp3) is 0.345. The van der Waals surface area contributed by atoms with Crippen LogP contribution in [-0.4, -0.2) is 54.4 Å². The van der Waals surface area contributed by atoms with Gasteiger partial charge in [-0.25, -0.2) is 40.3 Å². The molecule has 0 bridgehead atoms. The Morgan fingerprint density at radius 3 is 2.39 bits per heavy atom. The molecule has 1 fully saturated rings. The highest BCUT2D eigenvalue weighted by atomic mass is 32.2. The number of halogens is 4. The summed E-state index contributed by atoms with van der Waals surface area (Å²) in [7, 11) is -0.475. The molecule has 44 heavy (non-hydrogen) atoms. The summed E-state index contributed by atoms with van der Waals surface area (Å²) >= 11 is 0. The van der Waals surface area contributed by atoms with Crippen LogP contribution in [0.3, 0.4) is 0 Å². The average molecular weight is 636 g/mol. The summed E-state index contributed by atoms with van der Waals surface area (Å²) in [6.45, 7) is -0.423. The summed E-state index contributed by atoms with van der Waals surface area (Å²) in [5.74, 6) is -6.43. The van der Waals surface area contributed by atoms with Crippen LogP contribution in [0.2, 0.25) is 0 Å². The Morgan fingerprint density at radius 1 is 1.02 bits per heavy atom. The molecule has 10 nitrogen and oxygen atoms in total. The van der Waals surface area contributed by atoms with Crippen molar-refractivity contribution in [1.29, 1.82) is 0 Å². The van der Waals surface area contributed by atoms with Gasteiger partial charge in [0.05, 0.1) is 20.8 Å². The molecule has 15 heteroatoms. The van der Waals surface area contributed by atoms with E-state index in [-0.39, 0.29) is 24.4 Å². The standard InChI is InChI=1S/C29H29F4N5O5S/c1-37-24(7-11-36-37)21-6-9-29(32,33)15-26(21)43-20-12-22(30)28(23(31)13-20)44(39,40)38(27-8-10-34-17-35-27)16-18-4-5-19(41-2)14-25(18)42-3/h4-5,7-8,10-14,17,21,26H,6,9,15-16H2,1-3H3/t21-,26+/m1/s1. The summed E-state index contributed by atoms with van der Waals surface area (Å²) in [6.07, 6.45) is 1.69. The van der Waals surface area contributed by atoms with Crippen LogP contribution in [0.15, 0.2) is 66.1 Å². The van der Waals surface area contributed by atoms with Gasteiger partial charge in [-0.3, -0.25) is 4.68 Å². The van der Waals surface area contributed by atoms with Crippen LogP contribution in [0.5, 0.6) is 17.2 Å². The number of aromatic nitrogens is 4. The van der Waals surface area contributed by atoms with Gasteiger partial charge >= 0.3 is 0 Å². The van der Waals surface area contributed by atoms with Crippen molar-refractivity contribution in [3.63, 3.8) is 0 Å². The molecule has 1 aliphatic carbocycles. The monoisotopic (exact) mass is 635 g/mol. The molecule has 0 aliphatic heterocycles. The largest absolute Gasteiger partial charge is 0.497 e. The third-order valence-corrected chi connectivity index (χ3v) is 9.25. The summed E-state index contributed by atoms with van der Waals surface area (Å²) in [4.78, 5) is 6.51. The first-order chi connectivity index (χ1) is 20.9. The van der Waals surface area contributed by atoms with E-state index in [0.29, 0.717) is 33.4 Å². The van der Waals surface area contributed by atoms with Crippen molar-refractivity contribution in [1.82, 2.24) is 19.7 Å². The molecule has 1 aliphatic rings. The predicted molar refractivity (Wildman–Crippen MR) is 150 cm³/mol. The van der Waals surface area contributed by atoms with Crippen molar-refractivity contribution >= 4 is 15.8 Å². The predicted octanol–water partition coefficient (Wildman–Crippen LogP) is 5.25. The van der Waals surface area contributed by atoms with Crippen molar-refractivity contribution in [3.05, 3.63) is 84.1 Å². The van der Waals surface area contributed by atoms with Gasteiger partial charge in [0.15, 0.2) is 4.90 Å². The zero-order chi connectivity index (χ0) is 31.6. The van der Waals surface area contributed by atoms with E-state index in [9.17, 15) is 17.2 Å². The Morgan fingerprint density at radius 2 is 1.77 bits per heavy atom. The quantitative estimate of drug-likeness (QED) is 0.218. The Labute approximate surface area is 251 Å². The van der Waals surface area contributed by atoms with Crippen LogP contribution >= 0.6 is 0 Å². The van der Waals surface area contributed by atoms with E-state index < -0.39 is 63.2 Å². The van der Waals surface area contributed by atoms with Crippen molar-refractivity contribution in [2.24, 2.45) is 7.05 Å². The van der Waals surface area contributed by atoms with Crippen LogP contribution in [0.1, 0.15) is 36.4 Å². The second kappa shape index (κ2) is 12.3. The van der Waals surface area contributed by atoms with Crippen LogP contribution in [0.25, 0.3) is 0 Å². The lowest BCUT2D eigenvalue weighted by molar-refractivity contribution is -0.0781. The normalized spacial score (nSPS) is 18.1. The maximum absolute atomic E-state index is 15.6. The van der Waals surface area contributed by atoms with Crippen LogP contribution in [-0.2, 0) is 23.6 Å². The number of anilines is 1. The molecular formula is C29H29F4N5O5S. The lowest BCUT2D eigenvalue weighted by Gasteiger charge is -2.36. The number of hydrogen-bond donors (Lipinski definition) is 0. The van der Waals surface area contributed by atoms with E-state index in [1.165, 1.54) is 43.4 Å². The minimum absolute atomic E-state index is 0.0529. The molecular weight excluding hydrogens is 606 g/mol.